The number of aryl methyl sites for hydroxylation is 1. The summed E-state index contributed by atoms with van der Waals surface area (Å²) in [7, 11) is 0. The molecule has 1 aliphatic heterocycles. The van der Waals surface area contributed by atoms with Gasteiger partial charge in [-0.1, -0.05) is 47.8 Å². The molecule has 0 aliphatic carbocycles. The van der Waals surface area contributed by atoms with E-state index in [2.05, 4.69) is 15.1 Å². The molecule has 0 saturated heterocycles. The molecule has 2 aromatic heterocycles. The van der Waals surface area contributed by atoms with Crippen LogP contribution < -0.4 is 11.2 Å². The normalized spacial score (nSPS) is 12.8. The first-order valence-corrected chi connectivity index (χ1v) is 11.5. The maximum absolute atomic E-state index is 14.1. The number of benzene rings is 1. The quantitative estimate of drug-likeness (QED) is 0.409. The van der Waals surface area contributed by atoms with Gasteiger partial charge < -0.3 is 4.52 Å². The van der Waals surface area contributed by atoms with E-state index in [0.29, 0.717) is 48.2 Å². The number of hydrogen-bond acceptors (Lipinski definition) is 6. The zero-order chi connectivity index (χ0) is 23.5. The standard InChI is InChI=1S/C22H22Cl2FN5O3/c1-2-3-10-29-19-13(12-16(24)26-19)21(31)30(22(29)32)11-5-4-9-17-27-20(33-28-17)18-14(23)7-6-8-15(18)25/h6-8H,2-5,9-12H2,1H3. The lowest BCUT2D eigenvalue weighted by Crippen LogP contribution is -2.41. The Bertz CT molecular complexity index is 1310. The molecule has 0 atom stereocenters. The van der Waals surface area contributed by atoms with E-state index in [1.54, 1.807) is 10.6 Å². The van der Waals surface area contributed by atoms with E-state index in [1.165, 1.54) is 16.7 Å². The summed E-state index contributed by atoms with van der Waals surface area (Å²) >= 11 is 12.1. The molecular weight excluding hydrogens is 472 g/mol. The fourth-order valence-corrected chi connectivity index (χ4v) is 4.21. The molecule has 0 saturated carbocycles. The van der Waals surface area contributed by atoms with Crippen LogP contribution >= 0.6 is 23.2 Å². The minimum absolute atomic E-state index is 0.0126. The molecule has 3 heterocycles. The molecule has 174 valence electrons. The number of nitrogens with zero attached hydrogens (tertiary/aromatic N) is 5. The van der Waals surface area contributed by atoms with Crippen LogP contribution in [-0.4, -0.2) is 24.4 Å². The van der Waals surface area contributed by atoms with E-state index in [1.807, 2.05) is 6.92 Å². The second-order valence-corrected chi connectivity index (χ2v) is 8.62. The fraction of sp³-hybridized carbons (Fsp3) is 0.409. The van der Waals surface area contributed by atoms with Crippen LogP contribution in [0.25, 0.3) is 11.5 Å². The van der Waals surface area contributed by atoms with Crippen molar-refractivity contribution in [2.24, 2.45) is 4.99 Å². The predicted molar refractivity (Wildman–Crippen MR) is 124 cm³/mol. The highest BCUT2D eigenvalue weighted by atomic mass is 35.5. The first kappa shape index (κ1) is 23.4. The van der Waals surface area contributed by atoms with Crippen LogP contribution in [0.5, 0.6) is 0 Å². The van der Waals surface area contributed by atoms with Crippen molar-refractivity contribution in [1.29, 1.82) is 0 Å². The molecule has 4 rings (SSSR count). The van der Waals surface area contributed by atoms with Gasteiger partial charge in [0.2, 0.25) is 0 Å². The minimum Gasteiger partial charge on any atom is -0.334 e. The van der Waals surface area contributed by atoms with Gasteiger partial charge in [0, 0.05) is 25.9 Å². The lowest BCUT2D eigenvalue weighted by molar-refractivity contribution is 0.418. The van der Waals surface area contributed by atoms with Gasteiger partial charge in [-0.25, -0.2) is 14.2 Å². The number of hydrogen-bond donors (Lipinski definition) is 0. The van der Waals surface area contributed by atoms with Gasteiger partial charge in [0.15, 0.2) is 5.82 Å². The molecule has 0 fully saturated rings. The van der Waals surface area contributed by atoms with Crippen molar-refractivity contribution in [3.8, 4) is 11.5 Å². The average Bonchev–Trinajstić information content (AvgIpc) is 3.40. The third-order valence-electron chi connectivity index (χ3n) is 5.45. The Balaban J connectivity index is 1.45. The summed E-state index contributed by atoms with van der Waals surface area (Å²) in [5.74, 6) is 0.243. The van der Waals surface area contributed by atoms with E-state index < -0.39 is 5.82 Å². The highest BCUT2D eigenvalue weighted by molar-refractivity contribution is 6.66. The molecule has 0 unspecified atom stereocenters. The Labute approximate surface area is 198 Å². The third-order valence-corrected chi connectivity index (χ3v) is 5.99. The third kappa shape index (κ3) is 4.79. The van der Waals surface area contributed by atoms with Gasteiger partial charge in [0.05, 0.1) is 16.1 Å². The molecule has 0 N–H and O–H groups in total. The molecule has 0 spiro atoms. The molecule has 3 aromatic rings. The van der Waals surface area contributed by atoms with Crippen LogP contribution in [0.3, 0.4) is 0 Å². The van der Waals surface area contributed by atoms with Crippen molar-refractivity contribution in [3.63, 3.8) is 0 Å². The fourth-order valence-electron chi connectivity index (χ4n) is 3.75. The zero-order valence-corrected chi connectivity index (χ0v) is 19.5. The topological polar surface area (TPSA) is 95.3 Å². The number of aromatic nitrogens is 4. The van der Waals surface area contributed by atoms with Crippen molar-refractivity contribution < 1.29 is 8.91 Å². The first-order chi connectivity index (χ1) is 15.9. The van der Waals surface area contributed by atoms with Crippen LogP contribution in [-0.2, 0) is 25.9 Å². The second-order valence-electron chi connectivity index (χ2n) is 7.78. The highest BCUT2D eigenvalue weighted by Gasteiger charge is 2.24. The van der Waals surface area contributed by atoms with Gasteiger partial charge in [0.1, 0.15) is 16.8 Å². The summed E-state index contributed by atoms with van der Waals surface area (Å²) < 4.78 is 22.0. The molecule has 1 aliphatic rings. The average molecular weight is 494 g/mol. The molecule has 0 radical (unpaired) electrons. The van der Waals surface area contributed by atoms with E-state index in [9.17, 15) is 14.0 Å². The van der Waals surface area contributed by atoms with Crippen LogP contribution in [0.2, 0.25) is 5.02 Å². The molecule has 33 heavy (non-hydrogen) atoms. The van der Waals surface area contributed by atoms with Gasteiger partial charge in [0.25, 0.3) is 11.4 Å². The Hall–Kier alpha value is -2.78. The lowest BCUT2D eigenvalue weighted by Gasteiger charge is -2.13. The molecular formula is C22H22Cl2FN5O3. The maximum atomic E-state index is 14.1. The maximum Gasteiger partial charge on any atom is 0.332 e. The van der Waals surface area contributed by atoms with Crippen LogP contribution in [0.15, 0.2) is 37.3 Å². The largest absolute Gasteiger partial charge is 0.334 e. The van der Waals surface area contributed by atoms with Gasteiger partial charge in [-0.3, -0.25) is 13.9 Å². The molecule has 8 nitrogen and oxygen atoms in total. The monoisotopic (exact) mass is 493 g/mol. The zero-order valence-electron chi connectivity index (χ0n) is 18.0. The van der Waals surface area contributed by atoms with Crippen molar-refractivity contribution >= 4 is 34.2 Å². The Morgan fingerprint density at radius 1 is 1.12 bits per heavy atom. The van der Waals surface area contributed by atoms with E-state index >= 15 is 0 Å². The van der Waals surface area contributed by atoms with Gasteiger partial charge >= 0.3 is 5.69 Å². The Kier molecular flexibility index (Phi) is 7.09. The number of halogens is 3. The van der Waals surface area contributed by atoms with Gasteiger partial charge in [-0.05, 0) is 31.4 Å². The summed E-state index contributed by atoms with van der Waals surface area (Å²) in [5, 5.41) is 4.38. The van der Waals surface area contributed by atoms with Crippen molar-refractivity contribution in [3.05, 3.63) is 61.3 Å². The van der Waals surface area contributed by atoms with Gasteiger partial charge in [-0.2, -0.15) is 4.98 Å². The van der Waals surface area contributed by atoms with Gasteiger partial charge in [-0.15, -0.1) is 0 Å². The van der Waals surface area contributed by atoms with Crippen molar-refractivity contribution in [2.75, 3.05) is 0 Å². The van der Waals surface area contributed by atoms with Crippen LogP contribution in [0, 0.1) is 5.82 Å². The number of aliphatic imine (C=N–C) groups is 1. The minimum atomic E-state index is -0.544. The van der Waals surface area contributed by atoms with E-state index in [4.69, 9.17) is 27.7 Å². The number of rotatable bonds is 9. The summed E-state index contributed by atoms with van der Waals surface area (Å²) in [6.45, 7) is 2.76. The van der Waals surface area contributed by atoms with E-state index in [-0.39, 0.29) is 40.7 Å². The molecule has 0 amide bonds. The number of fused-ring (bicyclic) bond motifs is 1. The van der Waals surface area contributed by atoms with Crippen LogP contribution in [0.4, 0.5) is 10.2 Å². The lowest BCUT2D eigenvalue weighted by atomic mass is 10.2. The molecule has 11 heteroatoms. The first-order valence-electron chi connectivity index (χ1n) is 10.8. The van der Waals surface area contributed by atoms with Crippen LogP contribution in [0.1, 0.15) is 44.0 Å². The van der Waals surface area contributed by atoms with Crippen molar-refractivity contribution in [2.45, 2.75) is 58.5 Å². The Morgan fingerprint density at radius 3 is 2.67 bits per heavy atom. The highest BCUT2D eigenvalue weighted by Crippen LogP contribution is 2.29. The molecule has 0 bridgehead atoms. The predicted octanol–water partition coefficient (Wildman–Crippen LogP) is 4.50. The summed E-state index contributed by atoms with van der Waals surface area (Å²) in [6, 6.07) is 4.31. The summed E-state index contributed by atoms with van der Waals surface area (Å²) in [6.07, 6.45) is 3.52. The second kappa shape index (κ2) is 10.0. The van der Waals surface area contributed by atoms with E-state index in [0.717, 1.165) is 12.8 Å². The summed E-state index contributed by atoms with van der Waals surface area (Å²) in [4.78, 5) is 34.3. The SMILES string of the molecule is CCCCn1c2c(c(=O)n(CCCCc3noc(-c4c(F)cccc4Cl)n3)c1=O)CC(Cl)=N2. The summed E-state index contributed by atoms with van der Waals surface area (Å²) in [5.41, 5.74) is -0.201. The Morgan fingerprint density at radius 2 is 1.91 bits per heavy atom. The smallest absolute Gasteiger partial charge is 0.332 e. The molecule has 1 aromatic carbocycles. The number of unbranched alkanes of at least 4 members (excludes halogenated alkanes) is 2. The van der Waals surface area contributed by atoms with Crippen molar-refractivity contribution in [1.82, 2.24) is 19.3 Å².